The Morgan fingerprint density at radius 3 is 2.44 bits per heavy atom. The molecule has 18 heavy (non-hydrogen) atoms. The highest BCUT2D eigenvalue weighted by Gasteiger charge is 2.13. The molecule has 0 saturated carbocycles. The first-order valence-corrected chi connectivity index (χ1v) is 7.20. The maximum Gasteiger partial charge on any atom is 0.0628 e. The minimum Gasteiger partial charge on any atom is -0.328 e. The fraction of sp³-hybridized carbons (Fsp3) is 0.800. The van der Waals surface area contributed by atoms with E-state index in [1.54, 1.807) is 0 Å². The van der Waals surface area contributed by atoms with E-state index in [0.29, 0.717) is 6.04 Å². The van der Waals surface area contributed by atoms with Crippen LogP contribution in [0.5, 0.6) is 0 Å². The molecule has 0 spiro atoms. The van der Waals surface area contributed by atoms with Crippen molar-refractivity contribution in [2.45, 2.75) is 65.8 Å². The van der Waals surface area contributed by atoms with Crippen molar-refractivity contribution >= 4 is 0 Å². The van der Waals surface area contributed by atoms with Gasteiger partial charge in [0.25, 0.3) is 0 Å². The van der Waals surface area contributed by atoms with Crippen LogP contribution >= 0.6 is 0 Å². The van der Waals surface area contributed by atoms with Crippen LogP contribution in [0.15, 0.2) is 0 Å². The van der Waals surface area contributed by atoms with Gasteiger partial charge in [0.1, 0.15) is 0 Å². The second-order valence-corrected chi connectivity index (χ2v) is 5.70. The molecule has 3 heteroatoms. The number of hydrogen-bond donors (Lipinski definition) is 1. The number of aromatic nitrogens is 2. The van der Waals surface area contributed by atoms with Gasteiger partial charge in [0.05, 0.1) is 5.69 Å². The zero-order chi connectivity index (χ0) is 13.7. The predicted molar refractivity (Wildman–Crippen MR) is 77.7 cm³/mol. The highest BCUT2D eigenvalue weighted by atomic mass is 15.3. The molecular weight excluding hydrogens is 222 g/mol. The van der Waals surface area contributed by atoms with E-state index in [4.69, 9.17) is 5.73 Å². The summed E-state index contributed by atoms with van der Waals surface area (Å²) >= 11 is 0. The summed E-state index contributed by atoms with van der Waals surface area (Å²) in [5, 5.41) is 4.45. The zero-order valence-corrected chi connectivity index (χ0v) is 12.7. The number of nitrogens with zero attached hydrogens (tertiary/aromatic N) is 2. The fourth-order valence-electron chi connectivity index (χ4n) is 2.75. The number of aryl methyl sites for hydroxylation is 2. The highest BCUT2D eigenvalue weighted by Crippen LogP contribution is 2.18. The van der Waals surface area contributed by atoms with E-state index in [9.17, 15) is 0 Å². The van der Waals surface area contributed by atoms with Gasteiger partial charge in [-0.2, -0.15) is 5.10 Å². The molecule has 1 aromatic heterocycles. The Labute approximate surface area is 112 Å². The van der Waals surface area contributed by atoms with Gasteiger partial charge in [0.2, 0.25) is 0 Å². The Kier molecular flexibility index (Phi) is 5.86. The first-order chi connectivity index (χ1) is 8.45. The molecule has 0 fully saturated rings. The molecule has 2 N–H and O–H groups in total. The first kappa shape index (κ1) is 15.2. The molecule has 1 aromatic rings. The maximum absolute atomic E-state index is 6.23. The van der Waals surface area contributed by atoms with Crippen LogP contribution in [-0.4, -0.2) is 15.8 Å². The Balaban J connectivity index is 2.45. The summed E-state index contributed by atoms with van der Waals surface area (Å²) in [6, 6.07) is 0.325. The Morgan fingerprint density at radius 1 is 1.28 bits per heavy atom. The van der Waals surface area contributed by atoms with Crippen LogP contribution in [0.25, 0.3) is 0 Å². The molecular formula is C15H29N3. The first-order valence-electron chi connectivity index (χ1n) is 7.20. The monoisotopic (exact) mass is 251 g/mol. The predicted octanol–water partition coefficient (Wildman–Crippen LogP) is 3.12. The molecule has 0 saturated heterocycles. The van der Waals surface area contributed by atoms with Crippen LogP contribution in [0.3, 0.4) is 0 Å². The number of nitrogens with two attached hydrogens (primary N) is 1. The van der Waals surface area contributed by atoms with Gasteiger partial charge in [-0.05, 0) is 44.6 Å². The minimum absolute atomic E-state index is 0.325. The molecule has 104 valence electrons. The van der Waals surface area contributed by atoms with Crippen molar-refractivity contribution in [2.75, 3.05) is 0 Å². The van der Waals surface area contributed by atoms with E-state index in [1.165, 1.54) is 24.1 Å². The smallest absolute Gasteiger partial charge is 0.0628 e. The topological polar surface area (TPSA) is 43.8 Å². The van der Waals surface area contributed by atoms with Crippen LogP contribution in [0.1, 0.15) is 56.5 Å². The van der Waals surface area contributed by atoms with Gasteiger partial charge in [0, 0.05) is 18.8 Å². The van der Waals surface area contributed by atoms with Crippen LogP contribution in [0.4, 0.5) is 0 Å². The third-order valence-corrected chi connectivity index (χ3v) is 3.91. The van der Waals surface area contributed by atoms with Crippen LogP contribution < -0.4 is 5.73 Å². The molecule has 3 nitrogen and oxygen atoms in total. The summed E-state index contributed by atoms with van der Waals surface area (Å²) in [5.74, 6) is 0.751. The Hall–Kier alpha value is -0.830. The lowest BCUT2D eigenvalue weighted by atomic mass is 9.94. The average Bonchev–Trinajstić information content (AvgIpc) is 2.51. The maximum atomic E-state index is 6.23. The van der Waals surface area contributed by atoms with Crippen LogP contribution in [0, 0.1) is 19.8 Å². The van der Waals surface area contributed by atoms with Gasteiger partial charge in [-0.25, -0.2) is 0 Å². The van der Waals surface area contributed by atoms with Crippen molar-refractivity contribution in [1.29, 1.82) is 0 Å². The lowest BCUT2D eigenvalue weighted by molar-refractivity contribution is 0.419. The molecule has 0 aliphatic carbocycles. The average molecular weight is 251 g/mol. The largest absolute Gasteiger partial charge is 0.328 e. The van der Waals surface area contributed by atoms with E-state index < -0.39 is 0 Å². The molecule has 2 unspecified atom stereocenters. The van der Waals surface area contributed by atoms with E-state index in [-0.39, 0.29) is 0 Å². The van der Waals surface area contributed by atoms with Crippen molar-refractivity contribution in [3.8, 4) is 0 Å². The van der Waals surface area contributed by atoms with Crippen molar-refractivity contribution in [3.63, 3.8) is 0 Å². The van der Waals surface area contributed by atoms with E-state index in [2.05, 4.69) is 32.8 Å². The summed E-state index contributed by atoms with van der Waals surface area (Å²) < 4.78 is 1.97. The second-order valence-electron chi connectivity index (χ2n) is 5.70. The van der Waals surface area contributed by atoms with Crippen molar-refractivity contribution < 1.29 is 0 Å². The van der Waals surface area contributed by atoms with Crippen molar-refractivity contribution in [1.82, 2.24) is 9.78 Å². The highest BCUT2D eigenvalue weighted by molar-refractivity contribution is 5.24. The summed E-state index contributed by atoms with van der Waals surface area (Å²) in [4.78, 5) is 0. The zero-order valence-electron chi connectivity index (χ0n) is 12.7. The van der Waals surface area contributed by atoms with Crippen molar-refractivity contribution in [3.05, 3.63) is 17.0 Å². The Bertz CT molecular complexity index is 368. The van der Waals surface area contributed by atoms with Gasteiger partial charge >= 0.3 is 0 Å². The summed E-state index contributed by atoms with van der Waals surface area (Å²) in [6.07, 6.45) is 5.83. The lowest BCUT2D eigenvalue weighted by Gasteiger charge is -2.16. The van der Waals surface area contributed by atoms with E-state index in [1.807, 2.05) is 11.7 Å². The quantitative estimate of drug-likeness (QED) is 0.809. The SMILES string of the molecule is CCCC(C)CC(N)CCc1c(C)nn(C)c1C. The molecule has 2 atom stereocenters. The molecule has 0 amide bonds. The third-order valence-electron chi connectivity index (χ3n) is 3.91. The van der Waals surface area contributed by atoms with E-state index >= 15 is 0 Å². The van der Waals surface area contributed by atoms with Gasteiger partial charge in [-0.15, -0.1) is 0 Å². The summed E-state index contributed by atoms with van der Waals surface area (Å²) in [6.45, 7) is 8.78. The molecule has 1 rings (SSSR count). The number of hydrogen-bond acceptors (Lipinski definition) is 2. The molecule has 0 aromatic carbocycles. The number of rotatable bonds is 7. The molecule has 0 bridgehead atoms. The van der Waals surface area contributed by atoms with Crippen LogP contribution in [-0.2, 0) is 13.5 Å². The van der Waals surface area contributed by atoms with E-state index in [0.717, 1.165) is 30.9 Å². The summed E-state index contributed by atoms with van der Waals surface area (Å²) in [7, 11) is 2.01. The second kappa shape index (κ2) is 6.93. The molecule has 1 heterocycles. The fourth-order valence-corrected chi connectivity index (χ4v) is 2.75. The molecule has 0 radical (unpaired) electrons. The van der Waals surface area contributed by atoms with Crippen molar-refractivity contribution in [2.24, 2.45) is 18.7 Å². The van der Waals surface area contributed by atoms with Gasteiger partial charge < -0.3 is 5.73 Å². The third kappa shape index (κ3) is 4.13. The lowest BCUT2D eigenvalue weighted by Crippen LogP contribution is -2.23. The minimum atomic E-state index is 0.325. The van der Waals surface area contributed by atoms with Crippen LogP contribution in [0.2, 0.25) is 0 Å². The molecule has 0 aliphatic heterocycles. The standard InChI is InChI=1S/C15H29N3/c1-6-7-11(2)10-14(16)8-9-15-12(3)17-18(5)13(15)4/h11,14H,6-10,16H2,1-5H3. The van der Waals surface area contributed by atoms with Gasteiger partial charge in [-0.3, -0.25) is 4.68 Å². The summed E-state index contributed by atoms with van der Waals surface area (Å²) in [5.41, 5.74) is 10.1. The molecule has 0 aliphatic rings. The Morgan fingerprint density at radius 2 is 1.94 bits per heavy atom. The van der Waals surface area contributed by atoms with Gasteiger partial charge in [0.15, 0.2) is 0 Å². The van der Waals surface area contributed by atoms with Gasteiger partial charge in [-0.1, -0.05) is 26.7 Å². The normalized spacial score (nSPS) is 14.8.